The van der Waals surface area contributed by atoms with Gasteiger partial charge in [-0.2, -0.15) is 13.2 Å². The number of allylic oxidation sites excluding steroid dienone is 1. The Morgan fingerprint density at radius 3 is 2.64 bits per heavy atom. The molecule has 1 unspecified atom stereocenters. The second-order valence-electron chi connectivity index (χ2n) is 8.76. The van der Waals surface area contributed by atoms with Gasteiger partial charge in [-0.3, -0.25) is 14.2 Å². The van der Waals surface area contributed by atoms with Crippen LogP contribution in [-0.4, -0.2) is 26.6 Å². The molecule has 36 heavy (non-hydrogen) atoms. The molecule has 1 saturated carbocycles. The molecule has 1 fully saturated rings. The molecule has 3 heterocycles. The molecule has 0 radical (unpaired) electrons. The second-order valence-corrected chi connectivity index (χ2v) is 9.16. The first-order valence-electron chi connectivity index (χ1n) is 10.9. The molecule has 2 N–H and O–H groups in total. The summed E-state index contributed by atoms with van der Waals surface area (Å²) in [5.41, 5.74) is -2.66. The number of hydrogen-bond acceptors (Lipinski definition) is 5. The highest BCUT2D eigenvalue weighted by Crippen LogP contribution is 2.45. The number of nitrogens with zero attached hydrogens (tertiary/aromatic N) is 3. The van der Waals surface area contributed by atoms with Crippen molar-refractivity contribution in [3.05, 3.63) is 86.4 Å². The summed E-state index contributed by atoms with van der Waals surface area (Å²) in [5.74, 6) is -1.69. The zero-order chi connectivity index (χ0) is 25.8. The fourth-order valence-corrected chi connectivity index (χ4v) is 4.56. The molecule has 0 saturated heterocycles. The van der Waals surface area contributed by atoms with Crippen LogP contribution in [0.25, 0.3) is 6.08 Å². The van der Waals surface area contributed by atoms with Gasteiger partial charge in [0.15, 0.2) is 0 Å². The first-order valence-corrected chi connectivity index (χ1v) is 11.3. The van der Waals surface area contributed by atoms with Crippen molar-refractivity contribution >= 4 is 35.1 Å². The average molecular weight is 520 g/mol. The maximum Gasteiger partial charge on any atom is 0.413 e. The number of pyridine rings is 1. The van der Waals surface area contributed by atoms with Gasteiger partial charge in [0.05, 0.1) is 10.7 Å². The number of hydrogen-bond donors (Lipinski definition) is 2. The molecule has 7 nitrogen and oxygen atoms in total. The van der Waals surface area contributed by atoms with Gasteiger partial charge >= 0.3 is 6.18 Å². The second kappa shape index (κ2) is 8.44. The molecule has 0 spiro atoms. The standard InChI is InChI=1S/C24H18ClF4N5O2/c1-23(13-3-2-4-14(26)7-13)33-21(35)20-17(25)10-18(22(36)34(20)23)32-19-9-15(30-11-31-19)8-16(12-5-6-12)24(27,28)29/h2-4,7-12H,5-6H2,1H3,(H,33,35)(H,30,31,32). The van der Waals surface area contributed by atoms with E-state index in [-0.39, 0.29) is 27.9 Å². The number of carbonyl (C=O) groups excluding carboxylic acids is 1. The molecule has 2 aromatic heterocycles. The molecule has 1 atom stereocenters. The van der Waals surface area contributed by atoms with E-state index in [0.717, 1.165) is 17.0 Å². The Kier molecular flexibility index (Phi) is 5.62. The van der Waals surface area contributed by atoms with E-state index in [1.165, 1.54) is 37.3 Å². The topological polar surface area (TPSA) is 88.9 Å². The molecule has 1 amide bonds. The van der Waals surface area contributed by atoms with Crippen molar-refractivity contribution in [1.29, 1.82) is 0 Å². The van der Waals surface area contributed by atoms with Crippen molar-refractivity contribution in [2.24, 2.45) is 5.92 Å². The van der Waals surface area contributed by atoms with E-state index < -0.39 is 40.6 Å². The maximum atomic E-state index is 13.9. The van der Waals surface area contributed by atoms with Crippen LogP contribution in [0.1, 0.15) is 41.5 Å². The van der Waals surface area contributed by atoms with Crippen molar-refractivity contribution in [3.63, 3.8) is 0 Å². The summed E-state index contributed by atoms with van der Waals surface area (Å²) in [6, 6.07) is 7.93. The Labute approximate surface area is 206 Å². The third-order valence-electron chi connectivity index (χ3n) is 6.16. The number of alkyl halides is 3. The molecular formula is C24H18ClF4N5O2. The molecule has 1 aromatic carbocycles. The average Bonchev–Trinajstić information content (AvgIpc) is 3.59. The lowest BCUT2D eigenvalue weighted by Gasteiger charge is -2.28. The van der Waals surface area contributed by atoms with Crippen LogP contribution in [0.3, 0.4) is 0 Å². The predicted molar refractivity (Wildman–Crippen MR) is 124 cm³/mol. The monoisotopic (exact) mass is 519 g/mol. The van der Waals surface area contributed by atoms with Crippen LogP contribution in [0.2, 0.25) is 5.02 Å². The summed E-state index contributed by atoms with van der Waals surface area (Å²) >= 11 is 6.34. The molecule has 0 bridgehead atoms. The summed E-state index contributed by atoms with van der Waals surface area (Å²) < 4.78 is 55.2. The molecule has 1 aliphatic carbocycles. The van der Waals surface area contributed by atoms with Gasteiger partial charge in [0, 0.05) is 17.2 Å². The Hall–Kier alpha value is -3.73. The van der Waals surface area contributed by atoms with Gasteiger partial charge in [-0.05, 0) is 50.0 Å². The van der Waals surface area contributed by atoms with Gasteiger partial charge in [0.1, 0.15) is 35.0 Å². The number of halogens is 5. The van der Waals surface area contributed by atoms with Crippen molar-refractivity contribution < 1.29 is 22.4 Å². The van der Waals surface area contributed by atoms with Crippen LogP contribution in [0.5, 0.6) is 0 Å². The summed E-state index contributed by atoms with van der Waals surface area (Å²) in [4.78, 5) is 34.1. The van der Waals surface area contributed by atoms with Crippen molar-refractivity contribution in [2.75, 3.05) is 5.32 Å². The molecule has 2 aliphatic rings. The Morgan fingerprint density at radius 1 is 1.22 bits per heavy atom. The Balaban J connectivity index is 1.55. The van der Waals surface area contributed by atoms with Gasteiger partial charge in [-0.1, -0.05) is 23.7 Å². The molecule has 5 rings (SSSR count). The molecule has 3 aromatic rings. The predicted octanol–water partition coefficient (Wildman–Crippen LogP) is 4.99. The van der Waals surface area contributed by atoms with E-state index in [1.807, 2.05) is 0 Å². The van der Waals surface area contributed by atoms with Gasteiger partial charge in [-0.25, -0.2) is 14.4 Å². The number of carbonyl (C=O) groups is 1. The van der Waals surface area contributed by atoms with Crippen LogP contribution in [0, 0.1) is 11.7 Å². The van der Waals surface area contributed by atoms with Crippen LogP contribution in [-0.2, 0) is 5.66 Å². The smallest absolute Gasteiger partial charge is 0.336 e. The lowest BCUT2D eigenvalue weighted by atomic mass is 10.0. The van der Waals surface area contributed by atoms with Crippen molar-refractivity contribution in [3.8, 4) is 0 Å². The quantitative estimate of drug-likeness (QED) is 0.463. The summed E-state index contributed by atoms with van der Waals surface area (Å²) in [6.07, 6.45) is -1.52. The van der Waals surface area contributed by atoms with E-state index in [2.05, 4.69) is 20.6 Å². The summed E-state index contributed by atoms with van der Waals surface area (Å²) in [6.45, 7) is 1.53. The minimum Gasteiger partial charge on any atom is -0.336 e. The number of nitrogens with one attached hydrogen (secondary N) is 2. The molecule has 12 heteroatoms. The van der Waals surface area contributed by atoms with Gasteiger partial charge in [0.2, 0.25) is 0 Å². The first-order chi connectivity index (χ1) is 17.0. The van der Waals surface area contributed by atoms with Crippen molar-refractivity contribution in [1.82, 2.24) is 19.9 Å². The number of benzene rings is 1. The fraction of sp³-hybridized carbons (Fsp3) is 0.250. The molecule has 1 aliphatic heterocycles. The third kappa shape index (κ3) is 4.23. The lowest BCUT2D eigenvalue weighted by Crippen LogP contribution is -2.46. The lowest BCUT2D eigenvalue weighted by molar-refractivity contribution is -0.0944. The van der Waals surface area contributed by atoms with E-state index in [9.17, 15) is 27.2 Å². The van der Waals surface area contributed by atoms with E-state index in [1.54, 1.807) is 6.07 Å². The minimum absolute atomic E-state index is 0.0144. The zero-order valence-electron chi connectivity index (χ0n) is 18.7. The Bertz CT molecular complexity index is 1480. The van der Waals surface area contributed by atoms with E-state index >= 15 is 0 Å². The van der Waals surface area contributed by atoms with Crippen LogP contribution in [0.15, 0.2) is 53.1 Å². The normalized spacial score (nSPS) is 19.7. The number of anilines is 2. The summed E-state index contributed by atoms with van der Waals surface area (Å²) in [7, 11) is 0. The molecular weight excluding hydrogens is 502 g/mol. The fourth-order valence-electron chi connectivity index (χ4n) is 4.28. The van der Waals surface area contributed by atoms with Crippen LogP contribution < -0.4 is 16.2 Å². The van der Waals surface area contributed by atoms with Crippen molar-refractivity contribution in [2.45, 2.75) is 31.6 Å². The SMILES string of the molecule is CC1(c2cccc(F)c2)NC(=O)c2c(Cl)cc(Nc3cc(C=C(C4CC4)C(F)(F)F)ncn3)c(=O)n21. The highest BCUT2D eigenvalue weighted by Gasteiger charge is 2.44. The number of rotatable bonds is 5. The van der Waals surface area contributed by atoms with E-state index in [4.69, 9.17) is 11.6 Å². The number of fused-ring (bicyclic) bond motifs is 1. The highest BCUT2D eigenvalue weighted by molar-refractivity contribution is 6.34. The van der Waals surface area contributed by atoms with Gasteiger partial charge in [-0.15, -0.1) is 0 Å². The van der Waals surface area contributed by atoms with E-state index in [0.29, 0.717) is 18.4 Å². The molecule has 186 valence electrons. The highest BCUT2D eigenvalue weighted by atomic mass is 35.5. The zero-order valence-corrected chi connectivity index (χ0v) is 19.4. The maximum absolute atomic E-state index is 13.9. The third-order valence-corrected chi connectivity index (χ3v) is 6.45. The first kappa shape index (κ1) is 24.0. The minimum atomic E-state index is -4.48. The number of aromatic nitrogens is 3. The van der Waals surface area contributed by atoms with Gasteiger partial charge in [0.25, 0.3) is 11.5 Å². The number of amides is 1. The largest absolute Gasteiger partial charge is 0.413 e. The van der Waals surface area contributed by atoms with Crippen LogP contribution >= 0.6 is 11.6 Å². The van der Waals surface area contributed by atoms with Crippen LogP contribution in [0.4, 0.5) is 29.1 Å². The Morgan fingerprint density at radius 2 is 1.97 bits per heavy atom. The van der Waals surface area contributed by atoms with Gasteiger partial charge < -0.3 is 10.6 Å². The summed E-state index contributed by atoms with van der Waals surface area (Å²) in [5, 5.41) is 5.38.